The Kier molecular flexibility index (Phi) is 7.31. The zero-order valence-electron chi connectivity index (χ0n) is 22.3. The van der Waals surface area contributed by atoms with E-state index in [4.69, 9.17) is 16.3 Å². The number of aromatic nitrogens is 1. The molecule has 5 rings (SSSR count). The van der Waals surface area contributed by atoms with Gasteiger partial charge in [0.2, 0.25) is 0 Å². The van der Waals surface area contributed by atoms with Gasteiger partial charge in [0, 0.05) is 28.7 Å². The molecule has 1 amide bonds. The van der Waals surface area contributed by atoms with Gasteiger partial charge in [-0.25, -0.2) is 0 Å². The molecule has 1 aliphatic carbocycles. The Hall–Kier alpha value is -3.57. The van der Waals surface area contributed by atoms with Crippen molar-refractivity contribution in [2.45, 2.75) is 65.1 Å². The summed E-state index contributed by atoms with van der Waals surface area (Å²) in [4.78, 5) is 24.1. The fourth-order valence-corrected chi connectivity index (χ4v) is 5.25. The second kappa shape index (κ2) is 10.7. The van der Waals surface area contributed by atoms with E-state index in [0.717, 1.165) is 39.6 Å². The van der Waals surface area contributed by atoms with E-state index in [1.165, 1.54) is 18.4 Å². The number of benzene rings is 3. The highest BCUT2D eigenvalue weighted by Crippen LogP contribution is 2.40. The predicted octanol–water partition coefficient (Wildman–Crippen LogP) is 7.29. The molecule has 0 bridgehead atoms. The standard InChI is InChI=1S/C32H33ClN2O3/c1-19(18-36)38-31-13-8-23(14-29(31)33)17-35-22(4)20(2)28-16-27(11-12-30(28)35)32(37)34-21(3)25-6-5-7-26(15-25)24-9-10-24/h5-8,11-16,18-19,21,24H,9-10,17H2,1-4H3,(H,34,37)/t19-,21-/m0/s1. The van der Waals surface area contributed by atoms with Crippen LogP contribution in [0.1, 0.15) is 77.0 Å². The number of nitrogens with zero attached hydrogens (tertiary/aromatic N) is 1. The van der Waals surface area contributed by atoms with Crippen molar-refractivity contribution in [2.75, 3.05) is 0 Å². The minimum atomic E-state index is -0.557. The molecule has 1 heterocycles. The number of halogens is 1. The van der Waals surface area contributed by atoms with E-state index in [1.807, 2.05) is 37.3 Å². The van der Waals surface area contributed by atoms with Gasteiger partial charge in [0.05, 0.1) is 11.1 Å². The van der Waals surface area contributed by atoms with Crippen LogP contribution in [-0.2, 0) is 11.3 Å². The quantitative estimate of drug-likeness (QED) is 0.232. The monoisotopic (exact) mass is 528 g/mol. The Bertz CT molecular complexity index is 1520. The summed E-state index contributed by atoms with van der Waals surface area (Å²) >= 11 is 6.43. The van der Waals surface area contributed by atoms with Crippen molar-refractivity contribution in [1.29, 1.82) is 0 Å². The van der Waals surface area contributed by atoms with Crippen LogP contribution in [0.3, 0.4) is 0 Å². The maximum Gasteiger partial charge on any atom is 0.251 e. The topological polar surface area (TPSA) is 60.3 Å². The molecule has 0 unspecified atom stereocenters. The number of hydrogen-bond donors (Lipinski definition) is 1. The molecule has 196 valence electrons. The van der Waals surface area contributed by atoms with Gasteiger partial charge >= 0.3 is 0 Å². The number of hydrogen-bond acceptors (Lipinski definition) is 3. The first-order valence-corrected chi connectivity index (χ1v) is 13.5. The molecule has 5 nitrogen and oxygen atoms in total. The predicted molar refractivity (Wildman–Crippen MR) is 152 cm³/mol. The fourth-order valence-electron chi connectivity index (χ4n) is 5.01. The number of aryl methyl sites for hydroxylation is 1. The Morgan fingerprint density at radius 1 is 1.11 bits per heavy atom. The van der Waals surface area contributed by atoms with Crippen LogP contribution in [0.25, 0.3) is 10.9 Å². The second-order valence-electron chi connectivity index (χ2n) is 10.4. The average Bonchev–Trinajstić information content (AvgIpc) is 3.74. The molecule has 38 heavy (non-hydrogen) atoms. The molecule has 0 saturated heterocycles. The van der Waals surface area contributed by atoms with E-state index in [1.54, 1.807) is 13.0 Å². The minimum Gasteiger partial charge on any atom is -0.482 e. The first-order chi connectivity index (χ1) is 18.2. The molecule has 4 aromatic rings. The minimum absolute atomic E-state index is 0.0736. The molecule has 1 saturated carbocycles. The zero-order chi connectivity index (χ0) is 27.0. The van der Waals surface area contributed by atoms with Gasteiger partial charge in [0.1, 0.15) is 5.75 Å². The molecule has 1 aromatic heterocycles. The SMILES string of the molecule is Cc1c(C)n(Cc2ccc(O[C@@H](C)C=O)c(Cl)c2)c2ccc(C(=O)N[C@@H](C)c3cccc(C4CC4)c3)cc12. The lowest BCUT2D eigenvalue weighted by molar-refractivity contribution is -0.113. The van der Waals surface area contributed by atoms with E-state index >= 15 is 0 Å². The molecule has 1 N–H and O–H groups in total. The summed E-state index contributed by atoms with van der Waals surface area (Å²) in [6.45, 7) is 8.52. The van der Waals surface area contributed by atoms with Gasteiger partial charge in [-0.15, -0.1) is 0 Å². The van der Waals surface area contributed by atoms with E-state index in [-0.39, 0.29) is 11.9 Å². The van der Waals surface area contributed by atoms with Crippen molar-refractivity contribution in [3.05, 3.63) is 99.2 Å². The number of ether oxygens (including phenoxy) is 1. The maximum absolute atomic E-state index is 13.2. The largest absolute Gasteiger partial charge is 0.482 e. The normalized spacial score (nSPS) is 14.8. The van der Waals surface area contributed by atoms with Crippen molar-refractivity contribution in [3.63, 3.8) is 0 Å². The van der Waals surface area contributed by atoms with Crippen molar-refractivity contribution >= 4 is 34.7 Å². The molecular formula is C32H33ClN2O3. The number of amides is 1. The number of carbonyl (C=O) groups excluding carboxylic acids is 2. The Morgan fingerprint density at radius 3 is 2.61 bits per heavy atom. The van der Waals surface area contributed by atoms with Crippen LogP contribution in [0.2, 0.25) is 5.02 Å². The van der Waals surface area contributed by atoms with Gasteiger partial charge in [0.15, 0.2) is 12.4 Å². The lowest BCUT2D eigenvalue weighted by Gasteiger charge is -2.16. The smallest absolute Gasteiger partial charge is 0.251 e. The van der Waals surface area contributed by atoms with Crippen molar-refractivity contribution in [1.82, 2.24) is 9.88 Å². The number of nitrogens with one attached hydrogen (secondary N) is 1. The fraction of sp³-hybridized carbons (Fsp3) is 0.312. The molecule has 6 heteroatoms. The first kappa shape index (κ1) is 26.1. The number of rotatable bonds is 9. The van der Waals surface area contributed by atoms with Crippen molar-refractivity contribution < 1.29 is 14.3 Å². The van der Waals surface area contributed by atoms with E-state index < -0.39 is 6.10 Å². The summed E-state index contributed by atoms with van der Waals surface area (Å²) in [5.41, 5.74) is 7.52. The third kappa shape index (κ3) is 5.34. The summed E-state index contributed by atoms with van der Waals surface area (Å²) in [6.07, 6.45) is 2.70. The van der Waals surface area contributed by atoms with Crippen LogP contribution in [0, 0.1) is 13.8 Å². The van der Waals surface area contributed by atoms with Crippen LogP contribution < -0.4 is 10.1 Å². The summed E-state index contributed by atoms with van der Waals surface area (Å²) in [7, 11) is 0. The second-order valence-corrected chi connectivity index (χ2v) is 10.8. The molecule has 0 radical (unpaired) electrons. The van der Waals surface area contributed by atoms with Crippen LogP contribution in [0.5, 0.6) is 5.75 Å². The van der Waals surface area contributed by atoms with Gasteiger partial charge in [-0.05, 0) is 99.0 Å². The summed E-state index contributed by atoms with van der Waals surface area (Å²) in [6, 6.07) is 20.0. The molecule has 3 aromatic carbocycles. The highest BCUT2D eigenvalue weighted by atomic mass is 35.5. The highest BCUT2D eigenvalue weighted by Gasteiger charge is 2.24. The summed E-state index contributed by atoms with van der Waals surface area (Å²) in [5.74, 6) is 1.10. The Labute approximate surface area is 228 Å². The van der Waals surface area contributed by atoms with Crippen LogP contribution in [-0.4, -0.2) is 22.9 Å². The summed E-state index contributed by atoms with van der Waals surface area (Å²) in [5, 5.41) is 4.71. The van der Waals surface area contributed by atoms with Gasteiger partial charge in [-0.1, -0.05) is 41.9 Å². The molecule has 2 atom stereocenters. The Morgan fingerprint density at radius 2 is 1.89 bits per heavy atom. The third-order valence-electron chi connectivity index (χ3n) is 7.55. The molecule has 1 fully saturated rings. The van der Waals surface area contributed by atoms with Gasteiger partial charge in [-0.2, -0.15) is 0 Å². The van der Waals surface area contributed by atoms with Crippen LogP contribution in [0.15, 0.2) is 60.7 Å². The summed E-state index contributed by atoms with van der Waals surface area (Å²) < 4.78 is 7.80. The lowest BCUT2D eigenvalue weighted by Crippen LogP contribution is -2.26. The van der Waals surface area contributed by atoms with Gasteiger partial charge in [0.25, 0.3) is 5.91 Å². The molecule has 1 aliphatic rings. The number of fused-ring (bicyclic) bond motifs is 1. The van der Waals surface area contributed by atoms with Crippen LogP contribution >= 0.6 is 11.6 Å². The van der Waals surface area contributed by atoms with Crippen molar-refractivity contribution in [3.8, 4) is 5.75 Å². The number of carbonyl (C=O) groups is 2. The molecular weight excluding hydrogens is 496 g/mol. The van der Waals surface area contributed by atoms with Gasteiger partial charge < -0.3 is 14.6 Å². The van der Waals surface area contributed by atoms with Crippen LogP contribution in [0.4, 0.5) is 0 Å². The highest BCUT2D eigenvalue weighted by molar-refractivity contribution is 6.32. The van der Waals surface area contributed by atoms with E-state index in [9.17, 15) is 9.59 Å². The van der Waals surface area contributed by atoms with Crippen molar-refractivity contribution in [2.24, 2.45) is 0 Å². The molecule has 0 aliphatic heterocycles. The van der Waals surface area contributed by atoms with E-state index in [0.29, 0.717) is 28.8 Å². The zero-order valence-corrected chi connectivity index (χ0v) is 23.0. The Balaban J connectivity index is 1.35. The van der Waals surface area contributed by atoms with E-state index in [2.05, 4.69) is 48.0 Å². The van der Waals surface area contributed by atoms with Gasteiger partial charge in [-0.3, -0.25) is 9.59 Å². The third-order valence-corrected chi connectivity index (χ3v) is 7.85. The average molecular weight is 529 g/mol. The molecule has 0 spiro atoms. The maximum atomic E-state index is 13.2. The lowest BCUT2D eigenvalue weighted by atomic mass is 10.0. The number of aldehydes is 1. The first-order valence-electron chi connectivity index (χ1n) is 13.2.